The van der Waals surface area contributed by atoms with Gasteiger partial charge in [-0.2, -0.15) is 0 Å². The molecule has 0 bridgehead atoms. The lowest BCUT2D eigenvalue weighted by Gasteiger charge is -2.11. The Morgan fingerprint density at radius 3 is 2.84 bits per heavy atom. The highest BCUT2D eigenvalue weighted by atomic mass is 16.5. The number of aromatic nitrogens is 1. The molecule has 2 aromatic rings. The summed E-state index contributed by atoms with van der Waals surface area (Å²) in [4.78, 5) is 4.08. The minimum absolute atomic E-state index is 0.671. The van der Waals surface area contributed by atoms with Gasteiger partial charge in [0.2, 0.25) is 0 Å². The Hall–Kier alpha value is -1.87. The van der Waals surface area contributed by atoms with Gasteiger partial charge >= 0.3 is 0 Å². The SMILES string of the molecule is Cc1cccc(OCCNCc2cccnc2)c1C. The molecule has 0 saturated heterocycles. The number of ether oxygens (including phenoxy) is 1. The molecule has 0 atom stereocenters. The van der Waals surface area contributed by atoms with Crippen LogP contribution >= 0.6 is 0 Å². The van der Waals surface area contributed by atoms with Gasteiger partial charge < -0.3 is 10.1 Å². The average molecular weight is 256 g/mol. The molecule has 100 valence electrons. The predicted octanol–water partition coefficient (Wildman–Crippen LogP) is 2.87. The fourth-order valence-corrected chi connectivity index (χ4v) is 1.85. The molecule has 0 radical (unpaired) electrons. The lowest BCUT2D eigenvalue weighted by molar-refractivity contribution is 0.311. The zero-order valence-corrected chi connectivity index (χ0v) is 11.5. The summed E-state index contributed by atoms with van der Waals surface area (Å²) >= 11 is 0. The van der Waals surface area contributed by atoms with Crippen LogP contribution in [0.25, 0.3) is 0 Å². The van der Waals surface area contributed by atoms with E-state index in [-0.39, 0.29) is 0 Å². The normalized spacial score (nSPS) is 10.4. The van der Waals surface area contributed by atoms with Crippen molar-refractivity contribution in [2.45, 2.75) is 20.4 Å². The highest BCUT2D eigenvalue weighted by Gasteiger charge is 2.00. The minimum atomic E-state index is 0.671. The molecule has 0 saturated carbocycles. The van der Waals surface area contributed by atoms with Crippen LogP contribution in [0.5, 0.6) is 5.75 Å². The van der Waals surface area contributed by atoms with E-state index in [4.69, 9.17) is 4.74 Å². The molecule has 0 aliphatic heterocycles. The molecular weight excluding hydrogens is 236 g/mol. The number of pyridine rings is 1. The first kappa shape index (κ1) is 13.6. The van der Waals surface area contributed by atoms with Crippen molar-refractivity contribution < 1.29 is 4.74 Å². The summed E-state index contributed by atoms with van der Waals surface area (Å²) in [6.45, 7) is 6.51. The Morgan fingerprint density at radius 2 is 2.05 bits per heavy atom. The second kappa shape index (κ2) is 6.90. The van der Waals surface area contributed by atoms with Gasteiger partial charge in [-0.05, 0) is 42.7 Å². The molecule has 0 amide bonds. The monoisotopic (exact) mass is 256 g/mol. The first-order valence-electron chi connectivity index (χ1n) is 6.56. The molecule has 1 aromatic heterocycles. The maximum atomic E-state index is 5.78. The summed E-state index contributed by atoms with van der Waals surface area (Å²) in [5, 5.41) is 3.34. The molecule has 0 fully saturated rings. The van der Waals surface area contributed by atoms with E-state index in [2.05, 4.69) is 36.3 Å². The number of aryl methyl sites for hydroxylation is 1. The minimum Gasteiger partial charge on any atom is -0.492 e. The Balaban J connectivity index is 1.71. The van der Waals surface area contributed by atoms with Gasteiger partial charge in [-0.3, -0.25) is 4.98 Å². The molecule has 2 rings (SSSR count). The third-order valence-corrected chi connectivity index (χ3v) is 3.14. The lowest BCUT2D eigenvalue weighted by atomic mass is 10.1. The van der Waals surface area contributed by atoms with Gasteiger partial charge in [-0.25, -0.2) is 0 Å². The summed E-state index contributed by atoms with van der Waals surface area (Å²) < 4.78 is 5.78. The zero-order valence-electron chi connectivity index (χ0n) is 11.5. The van der Waals surface area contributed by atoms with E-state index in [1.165, 1.54) is 16.7 Å². The predicted molar refractivity (Wildman–Crippen MR) is 77.4 cm³/mol. The van der Waals surface area contributed by atoms with Gasteiger partial charge in [0, 0.05) is 25.5 Å². The fraction of sp³-hybridized carbons (Fsp3) is 0.312. The number of rotatable bonds is 6. The van der Waals surface area contributed by atoms with Crippen LogP contribution in [0, 0.1) is 13.8 Å². The second-order valence-electron chi connectivity index (χ2n) is 4.58. The molecule has 0 unspecified atom stereocenters. The Labute approximate surface area is 114 Å². The highest BCUT2D eigenvalue weighted by Crippen LogP contribution is 2.20. The quantitative estimate of drug-likeness (QED) is 0.807. The van der Waals surface area contributed by atoms with E-state index in [1.807, 2.05) is 24.4 Å². The van der Waals surface area contributed by atoms with Crippen LogP contribution in [0.15, 0.2) is 42.7 Å². The van der Waals surface area contributed by atoms with Crippen molar-refractivity contribution in [1.29, 1.82) is 0 Å². The maximum absolute atomic E-state index is 5.78. The van der Waals surface area contributed by atoms with Crippen molar-refractivity contribution in [3.05, 3.63) is 59.4 Å². The van der Waals surface area contributed by atoms with Crippen LogP contribution in [-0.4, -0.2) is 18.1 Å². The maximum Gasteiger partial charge on any atom is 0.122 e. The van der Waals surface area contributed by atoms with Gasteiger partial charge in [0.05, 0.1) is 0 Å². The van der Waals surface area contributed by atoms with E-state index in [0.29, 0.717) is 6.61 Å². The van der Waals surface area contributed by atoms with Crippen LogP contribution in [0.4, 0.5) is 0 Å². The Morgan fingerprint density at radius 1 is 1.16 bits per heavy atom. The van der Waals surface area contributed by atoms with Gasteiger partial charge in [0.1, 0.15) is 12.4 Å². The van der Waals surface area contributed by atoms with Crippen molar-refractivity contribution in [3.8, 4) is 5.75 Å². The van der Waals surface area contributed by atoms with Crippen molar-refractivity contribution >= 4 is 0 Å². The molecule has 1 N–H and O–H groups in total. The van der Waals surface area contributed by atoms with E-state index in [0.717, 1.165) is 18.8 Å². The highest BCUT2D eigenvalue weighted by molar-refractivity contribution is 5.38. The molecule has 3 nitrogen and oxygen atoms in total. The summed E-state index contributed by atoms with van der Waals surface area (Å²) in [5.41, 5.74) is 3.67. The number of nitrogens with zero attached hydrogens (tertiary/aromatic N) is 1. The Bertz CT molecular complexity index is 511. The average Bonchev–Trinajstić information content (AvgIpc) is 2.44. The first-order chi connectivity index (χ1) is 9.27. The first-order valence-corrected chi connectivity index (χ1v) is 6.56. The smallest absolute Gasteiger partial charge is 0.122 e. The third kappa shape index (κ3) is 4.07. The molecule has 1 aromatic carbocycles. The number of hydrogen-bond donors (Lipinski definition) is 1. The summed E-state index contributed by atoms with van der Waals surface area (Å²) in [5.74, 6) is 0.975. The van der Waals surface area contributed by atoms with E-state index in [9.17, 15) is 0 Å². The third-order valence-electron chi connectivity index (χ3n) is 3.14. The summed E-state index contributed by atoms with van der Waals surface area (Å²) in [6.07, 6.45) is 3.66. The van der Waals surface area contributed by atoms with Crippen LogP contribution in [0.3, 0.4) is 0 Å². The van der Waals surface area contributed by atoms with Crippen LogP contribution in [0.2, 0.25) is 0 Å². The molecule has 0 spiro atoms. The van der Waals surface area contributed by atoms with E-state index < -0.39 is 0 Å². The van der Waals surface area contributed by atoms with E-state index in [1.54, 1.807) is 6.20 Å². The number of nitrogens with one attached hydrogen (secondary N) is 1. The Kier molecular flexibility index (Phi) is 4.93. The summed E-state index contributed by atoms with van der Waals surface area (Å²) in [6, 6.07) is 10.2. The molecule has 3 heteroatoms. The van der Waals surface area contributed by atoms with Crippen molar-refractivity contribution in [1.82, 2.24) is 10.3 Å². The van der Waals surface area contributed by atoms with Crippen LogP contribution in [0.1, 0.15) is 16.7 Å². The topological polar surface area (TPSA) is 34.1 Å². The van der Waals surface area contributed by atoms with Crippen molar-refractivity contribution in [2.75, 3.05) is 13.2 Å². The molecule has 0 aliphatic carbocycles. The largest absolute Gasteiger partial charge is 0.492 e. The standard InChI is InChI=1S/C16H20N2O/c1-13-5-3-7-16(14(13)2)19-10-9-18-12-15-6-4-8-17-11-15/h3-8,11,18H,9-10,12H2,1-2H3. The van der Waals surface area contributed by atoms with Gasteiger partial charge in [-0.1, -0.05) is 18.2 Å². The van der Waals surface area contributed by atoms with Gasteiger partial charge in [-0.15, -0.1) is 0 Å². The van der Waals surface area contributed by atoms with Crippen LogP contribution < -0.4 is 10.1 Å². The van der Waals surface area contributed by atoms with Crippen LogP contribution in [-0.2, 0) is 6.54 Å². The van der Waals surface area contributed by atoms with Gasteiger partial charge in [0.15, 0.2) is 0 Å². The zero-order chi connectivity index (χ0) is 13.5. The number of benzene rings is 1. The van der Waals surface area contributed by atoms with E-state index >= 15 is 0 Å². The summed E-state index contributed by atoms with van der Waals surface area (Å²) in [7, 11) is 0. The fourth-order valence-electron chi connectivity index (χ4n) is 1.85. The second-order valence-corrected chi connectivity index (χ2v) is 4.58. The lowest BCUT2D eigenvalue weighted by Crippen LogP contribution is -2.20. The van der Waals surface area contributed by atoms with Gasteiger partial charge in [0.25, 0.3) is 0 Å². The number of hydrogen-bond acceptors (Lipinski definition) is 3. The van der Waals surface area contributed by atoms with Crippen molar-refractivity contribution in [2.24, 2.45) is 0 Å². The molecular formula is C16H20N2O. The molecule has 0 aliphatic rings. The molecule has 1 heterocycles. The van der Waals surface area contributed by atoms with Crippen molar-refractivity contribution in [3.63, 3.8) is 0 Å². The molecule has 19 heavy (non-hydrogen) atoms.